The van der Waals surface area contributed by atoms with E-state index in [1.54, 1.807) is 89.0 Å². The average molecular weight is 1250 g/mol. The zero-order valence-corrected chi connectivity index (χ0v) is 57.8. The van der Waals surface area contributed by atoms with Gasteiger partial charge in [-0.25, -0.2) is 22.8 Å². The van der Waals surface area contributed by atoms with Gasteiger partial charge in [-0.3, -0.25) is 0 Å². The van der Waals surface area contributed by atoms with Crippen LogP contribution in [0.4, 0.5) is 0 Å². The monoisotopic (exact) mass is 1240 g/mol. The average Bonchev–Trinajstić information content (AvgIpc) is 1.62. The van der Waals surface area contributed by atoms with Gasteiger partial charge in [-0.05, 0) is 270 Å². The zero-order valence-electron chi connectivity index (χ0n) is 69.8. The van der Waals surface area contributed by atoms with Crippen molar-refractivity contribution < 1.29 is 39.3 Å². The van der Waals surface area contributed by atoms with Crippen molar-refractivity contribution in [3.63, 3.8) is 0 Å². The molecule has 0 atom stereocenters. The highest BCUT2D eigenvalue weighted by atomic mass is 14.9. The van der Waals surface area contributed by atoms with Gasteiger partial charge in [-0.2, -0.15) is 0 Å². The van der Waals surface area contributed by atoms with Crippen LogP contribution < -0.4 is 22.8 Å². The topological polar surface area (TPSA) is 19.4 Å². The Hall–Kier alpha value is -8.15. The highest BCUT2D eigenvalue weighted by molar-refractivity contribution is 5.69. The maximum Gasteiger partial charge on any atom is 0.216 e. The summed E-state index contributed by atoms with van der Waals surface area (Å²) in [6.45, 7) is 12.5. The lowest BCUT2D eigenvalue weighted by Crippen LogP contribution is -2.33. The number of aromatic nitrogens is 5. The van der Waals surface area contributed by atoms with E-state index < -0.39 is 32.8 Å². The van der Waals surface area contributed by atoms with Gasteiger partial charge in [0.1, 0.15) is 35.2 Å². The first-order valence-electron chi connectivity index (χ1n) is 40.0. The molecule has 0 radical (unpaired) electrons. The second-order valence-corrected chi connectivity index (χ2v) is 27.0. The van der Waals surface area contributed by atoms with Crippen LogP contribution in [0, 0.1) is 69.1 Å². The molecule has 5 aromatic heterocycles. The molecule has 5 aromatic carbocycles. The van der Waals surface area contributed by atoms with Crippen molar-refractivity contribution in [3.05, 3.63) is 264 Å². The Morgan fingerprint density at radius 1 is 0.280 bits per heavy atom. The van der Waals surface area contributed by atoms with Crippen molar-refractivity contribution in [3.8, 4) is 56.3 Å². The van der Waals surface area contributed by atoms with E-state index in [1.165, 1.54) is 137 Å². The van der Waals surface area contributed by atoms with Gasteiger partial charge in [-0.1, -0.05) is 88.5 Å². The van der Waals surface area contributed by atoms with Gasteiger partial charge >= 0.3 is 0 Å². The molecule has 478 valence electrons. The molecule has 0 N–H and O–H groups in total. The third-order valence-electron chi connectivity index (χ3n) is 19.7. The predicted molar refractivity (Wildman–Crippen MR) is 387 cm³/mol. The molecule has 0 bridgehead atoms. The van der Waals surface area contributed by atoms with Crippen LogP contribution in [0.1, 0.15) is 179 Å². The first-order chi connectivity index (χ1) is 49.4. The Morgan fingerprint density at radius 3 is 1.12 bits per heavy atom. The number of hydrogen-bond acceptors (Lipinski definition) is 0. The SMILES string of the molecule is Cc1ccc(-c2c3c(cc[n+]2C)CCC3)c(C)c1.Cc1ccc(-c2c3c(cc[n+]2C)CCCC3)c(C)c1.Cc1ccc(-c2cc3c(c[n+]2C)CCC3)c(C)c1.[2H]C([2H])([2H])c1ccc(-c2c3c(cc[n+]2C)C([2H])([2H])CCC3([2H])[2H])c(C)c1.[2H]C([2H])([2H])c1ccc(-c2cc3c(c[n+]2C)CCCC3([2H])[2H])c(C)c1. The molecule has 5 heteroatoms. The molecule has 5 heterocycles. The summed E-state index contributed by atoms with van der Waals surface area (Å²) in [5.74, 6) is 0. The summed E-state index contributed by atoms with van der Waals surface area (Å²) in [7, 11) is 10.2. The van der Waals surface area contributed by atoms with Crippen molar-refractivity contribution in [1.82, 2.24) is 0 Å². The number of pyridine rings is 5. The smallest absolute Gasteiger partial charge is 0.201 e. The van der Waals surface area contributed by atoms with E-state index in [9.17, 15) is 0 Å². The molecule has 15 rings (SSSR count). The number of nitrogens with zero attached hydrogens (tertiary/aromatic N) is 5. The molecule has 5 aliphatic carbocycles. The van der Waals surface area contributed by atoms with Gasteiger partial charge in [0, 0.05) is 102 Å². The number of hydrogen-bond donors (Lipinski definition) is 0. The lowest BCUT2D eigenvalue weighted by molar-refractivity contribution is -0.661. The summed E-state index contributed by atoms with van der Waals surface area (Å²) in [4.78, 5) is 0. The largest absolute Gasteiger partial charge is 0.216 e. The molecular weight excluding hydrogens is 1130 g/mol. The van der Waals surface area contributed by atoms with E-state index in [0.29, 0.717) is 28.8 Å². The van der Waals surface area contributed by atoms with E-state index in [4.69, 9.17) is 16.4 Å². The van der Waals surface area contributed by atoms with Crippen LogP contribution in [0.3, 0.4) is 0 Å². The normalized spacial score (nSPS) is 17.9. The fourth-order valence-electron chi connectivity index (χ4n) is 14.9. The van der Waals surface area contributed by atoms with Crippen molar-refractivity contribution in [1.29, 1.82) is 0 Å². The molecule has 0 fully saturated rings. The summed E-state index contributed by atoms with van der Waals surface area (Å²) in [5, 5.41) is 0. The van der Waals surface area contributed by atoms with Gasteiger partial charge in [-0.15, -0.1) is 0 Å². The fourth-order valence-corrected chi connectivity index (χ4v) is 14.9. The molecule has 0 amide bonds. The van der Waals surface area contributed by atoms with Gasteiger partial charge in [0.2, 0.25) is 28.5 Å². The molecule has 10 aromatic rings. The summed E-state index contributed by atoms with van der Waals surface area (Å²) < 4.78 is 106. The second-order valence-electron chi connectivity index (χ2n) is 27.0. The van der Waals surface area contributed by atoms with E-state index in [-0.39, 0.29) is 18.4 Å². The molecule has 93 heavy (non-hydrogen) atoms. The maximum atomic E-state index is 8.48. The lowest BCUT2D eigenvalue weighted by atomic mass is 9.87. The van der Waals surface area contributed by atoms with Crippen molar-refractivity contribution >= 4 is 0 Å². The molecule has 0 spiro atoms. The van der Waals surface area contributed by atoms with Crippen LogP contribution in [-0.2, 0) is 99.3 Å². The Labute approximate surface area is 576 Å². The van der Waals surface area contributed by atoms with Gasteiger partial charge in [0.25, 0.3) is 0 Å². The van der Waals surface area contributed by atoms with E-state index in [2.05, 4.69) is 168 Å². The predicted octanol–water partition coefficient (Wildman–Crippen LogP) is 17.6. The van der Waals surface area contributed by atoms with E-state index >= 15 is 0 Å². The van der Waals surface area contributed by atoms with Crippen LogP contribution in [0.2, 0.25) is 0 Å². The summed E-state index contributed by atoms with van der Waals surface area (Å²) in [6.07, 6.45) is 21.2. The highest BCUT2D eigenvalue weighted by Gasteiger charge is 2.28. The summed E-state index contributed by atoms with van der Waals surface area (Å²) in [6, 6.07) is 40.9. The molecule has 0 saturated carbocycles. The zero-order chi connectivity index (χ0) is 76.0. The van der Waals surface area contributed by atoms with E-state index in [1.807, 2.05) is 36.9 Å². The number of rotatable bonds is 5. The first kappa shape index (κ1) is 52.3. The number of benzene rings is 5. The first-order valence-corrected chi connectivity index (χ1v) is 34.0. The fraction of sp³-hybridized carbons (Fsp3) is 0.375. The third kappa shape index (κ3) is 15.1. The van der Waals surface area contributed by atoms with Crippen molar-refractivity contribution in [2.24, 2.45) is 35.2 Å². The number of aryl methyl sites for hydroxylation is 22. The summed E-state index contributed by atoms with van der Waals surface area (Å²) in [5.41, 5.74) is 33.7. The van der Waals surface area contributed by atoms with Crippen LogP contribution in [0.25, 0.3) is 56.3 Å². The lowest BCUT2D eigenvalue weighted by Gasteiger charge is -2.18. The minimum absolute atomic E-state index is 0.108. The highest BCUT2D eigenvalue weighted by Crippen LogP contribution is 2.35. The Balaban J connectivity index is 0.000000132. The maximum absolute atomic E-state index is 8.48. The summed E-state index contributed by atoms with van der Waals surface area (Å²) >= 11 is 0. The molecule has 5 aliphatic rings. The van der Waals surface area contributed by atoms with Crippen LogP contribution >= 0.6 is 0 Å². The van der Waals surface area contributed by atoms with Crippen molar-refractivity contribution in [2.45, 2.75) is 185 Å². The van der Waals surface area contributed by atoms with Gasteiger partial charge < -0.3 is 0 Å². The molecule has 0 unspecified atom stereocenters. The number of fused-ring (bicyclic) bond motifs is 5. The Morgan fingerprint density at radius 2 is 0.613 bits per heavy atom. The van der Waals surface area contributed by atoms with Crippen LogP contribution in [0.5, 0.6) is 0 Å². The molecular formula is C88H106N5+5. The van der Waals surface area contributed by atoms with Gasteiger partial charge in [0.05, 0.1) is 0 Å². The molecule has 0 aliphatic heterocycles. The van der Waals surface area contributed by atoms with Crippen LogP contribution in [0.15, 0.2) is 152 Å². The minimum Gasteiger partial charge on any atom is -0.201 e. The third-order valence-corrected chi connectivity index (χ3v) is 19.7. The molecule has 0 saturated heterocycles. The Kier molecular flexibility index (Phi) is 16.5. The standard InChI is InChI=1S/3C18H22N.2C17H20N/c1-13-8-9-17(14(2)10-13)18-11-15-6-4-5-7-16(15)12-19(18)3;2*1-13-8-9-16(14(2)12-13)18-17-7-5-4-6-15(17)10-11-19(18)3;1-12-7-8-16(13(2)9-12)17-10-14-5-4-6-15(14)11-18(17)3;1-12-7-8-15(13(2)11-12)17-16-6-4-5-14(16)9-10-18(17)3/h3*8-12H,4-7H2,1-3H3;2*7-11H,4-6H2,1-3H3/q5*+1/i1D3,6D2;1D3,6D2,7D2;;;. The van der Waals surface area contributed by atoms with Gasteiger partial charge in [0.15, 0.2) is 31.0 Å². The van der Waals surface area contributed by atoms with E-state index in [0.717, 1.165) is 51.9 Å². The minimum atomic E-state index is -2.20. The van der Waals surface area contributed by atoms with Crippen molar-refractivity contribution in [2.75, 3.05) is 0 Å². The molecule has 5 nitrogen and oxygen atoms in total. The quantitative estimate of drug-likeness (QED) is 0.153. The second kappa shape index (κ2) is 29.4. The Bertz CT molecular complexity index is 4950. The van der Waals surface area contributed by atoms with Crippen LogP contribution in [-0.4, -0.2) is 0 Å².